The second-order valence-electron chi connectivity index (χ2n) is 0.408. The Labute approximate surface area is 45.8 Å². The molecule has 2 heteroatoms. The molecule has 0 N–H and O–H groups in total. The van der Waals surface area contributed by atoms with Crippen LogP contribution in [0.15, 0.2) is 24.6 Å². The molecule has 0 nitrogen and oxygen atoms in total. The molecular formula is C4H6Si2. The lowest BCUT2D eigenvalue weighted by Gasteiger charge is -1.28. The van der Waals surface area contributed by atoms with Crippen LogP contribution in [0.5, 0.6) is 0 Å². The van der Waals surface area contributed by atoms with E-state index in [9.17, 15) is 0 Å². The third-order valence-corrected chi connectivity index (χ3v) is 0. The minimum Gasteiger partial charge on any atom is -0.109 e. The van der Waals surface area contributed by atoms with Crippen molar-refractivity contribution in [1.29, 1.82) is 0 Å². The van der Waals surface area contributed by atoms with E-state index >= 15 is 0 Å². The summed E-state index contributed by atoms with van der Waals surface area (Å²) in [5, 5.41) is 0. The molecule has 0 aliphatic carbocycles. The molecular weight excluding hydrogens is 104 g/mol. The van der Waals surface area contributed by atoms with Crippen molar-refractivity contribution in [2.24, 2.45) is 0 Å². The van der Waals surface area contributed by atoms with Gasteiger partial charge in [0.15, 0.2) is 0 Å². The van der Waals surface area contributed by atoms with Crippen LogP contribution in [-0.2, 0) is 0 Å². The molecule has 0 aliphatic rings. The minimum atomic E-state index is 1.56. The van der Waals surface area contributed by atoms with Crippen LogP contribution in [0.3, 0.4) is 0 Å². The summed E-state index contributed by atoms with van der Waals surface area (Å²) in [5.74, 6) is 0. The molecule has 0 fully saturated rings. The van der Waals surface area contributed by atoms with Crippen LogP contribution in [0, 0.1) is 0 Å². The second kappa shape index (κ2) is 20.6. The van der Waals surface area contributed by atoms with Crippen LogP contribution in [0.2, 0.25) is 0 Å². The van der Waals surface area contributed by atoms with E-state index < -0.39 is 0 Å². The zero-order valence-corrected chi connectivity index (χ0v) is 5.57. The zero-order valence-electron chi connectivity index (χ0n) is 3.57. The summed E-state index contributed by atoms with van der Waals surface area (Å²) in [7, 11) is 5.90. The van der Waals surface area contributed by atoms with E-state index in [1.165, 1.54) is 0 Å². The third kappa shape index (κ3) is 4470. The smallest absolute Gasteiger partial charge is 0.0592 e. The molecule has 0 aromatic carbocycles. The molecule has 0 atom stereocenters. The monoisotopic (exact) mass is 110 g/mol. The van der Waals surface area contributed by atoms with Crippen molar-refractivity contribution in [3.8, 4) is 0 Å². The molecule has 6 heavy (non-hydrogen) atoms. The van der Waals surface area contributed by atoms with Crippen LogP contribution in [-0.4, -0.2) is 20.5 Å². The van der Waals surface area contributed by atoms with Crippen LogP contribution in [0.1, 0.15) is 0 Å². The van der Waals surface area contributed by atoms with Gasteiger partial charge in [-0.25, -0.2) is 0 Å². The molecule has 0 saturated carbocycles. The summed E-state index contributed by atoms with van der Waals surface area (Å²) in [6, 6.07) is 0. The van der Waals surface area contributed by atoms with Crippen molar-refractivity contribution in [2.45, 2.75) is 0 Å². The second-order valence-corrected chi connectivity index (χ2v) is 1.22. The highest BCUT2D eigenvalue weighted by Gasteiger charge is 1.18. The van der Waals surface area contributed by atoms with Crippen molar-refractivity contribution < 1.29 is 0 Å². The van der Waals surface area contributed by atoms with Crippen LogP contribution in [0.4, 0.5) is 0 Å². The van der Waals surface area contributed by atoms with Crippen LogP contribution < -0.4 is 0 Å². The molecule has 0 aromatic rings. The Morgan fingerprint density at radius 1 is 1.00 bits per heavy atom. The topological polar surface area (TPSA) is 0 Å². The summed E-state index contributed by atoms with van der Waals surface area (Å²) in [6.45, 7) is 6.55. The van der Waals surface area contributed by atoms with Crippen molar-refractivity contribution in [3.63, 3.8) is 0 Å². The first-order valence-electron chi connectivity index (χ1n) is 1.39. The zero-order chi connectivity index (χ0) is 5.41. The van der Waals surface area contributed by atoms with Gasteiger partial charge >= 0.3 is 0 Å². The Morgan fingerprint density at radius 3 is 1.00 bits per heavy atom. The van der Waals surface area contributed by atoms with Gasteiger partial charge in [0.1, 0.15) is 0 Å². The van der Waals surface area contributed by atoms with Gasteiger partial charge in [0.05, 0.1) is 20.5 Å². The number of hydrogen-bond donors (Lipinski definition) is 0. The first-order valence-corrected chi connectivity index (χ1v) is 2.55. The van der Waals surface area contributed by atoms with E-state index in [-0.39, 0.29) is 0 Å². The lowest BCUT2D eigenvalue weighted by molar-refractivity contribution is 2.63. The van der Waals surface area contributed by atoms with E-state index in [1.54, 1.807) is 11.4 Å². The van der Waals surface area contributed by atoms with Gasteiger partial charge in [-0.05, 0) is 0 Å². The highest BCUT2D eigenvalue weighted by atomic mass is 28.1. The molecule has 30 valence electrons. The summed E-state index contributed by atoms with van der Waals surface area (Å²) >= 11 is 0. The Hall–Kier alpha value is -0.0862. The Morgan fingerprint density at radius 2 is 1.00 bits per heavy atom. The highest BCUT2D eigenvalue weighted by molar-refractivity contribution is 6.16. The standard InChI is InChI=1S/2C2H3Si/c2*1-2-3/h2*2H,1H2. The fourth-order valence-electron chi connectivity index (χ4n) is 0. The first kappa shape index (κ1) is 9.32. The van der Waals surface area contributed by atoms with E-state index in [4.69, 9.17) is 0 Å². The maximum atomic E-state index is 3.27. The number of rotatable bonds is 0. The van der Waals surface area contributed by atoms with E-state index in [1.807, 2.05) is 0 Å². The molecule has 0 bridgehead atoms. The third-order valence-electron chi connectivity index (χ3n) is 0. The molecule has 0 rings (SSSR count). The summed E-state index contributed by atoms with van der Waals surface area (Å²) in [4.78, 5) is 0. The predicted octanol–water partition coefficient (Wildman–Crippen LogP) is 0.597. The Bertz CT molecular complexity index is 26.5. The SMILES string of the molecule is C=C[Si].C=C[Si]. The normalized spacial score (nSPS) is 4.33. The summed E-state index contributed by atoms with van der Waals surface area (Å²) in [6.07, 6.45) is 0. The summed E-state index contributed by atoms with van der Waals surface area (Å²) < 4.78 is 0. The number of hydrogen-bond acceptors (Lipinski definition) is 0. The van der Waals surface area contributed by atoms with Crippen molar-refractivity contribution in [2.75, 3.05) is 0 Å². The van der Waals surface area contributed by atoms with Gasteiger partial charge in [0.2, 0.25) is 0 Å². The van der Waals surface area contributed by atoms with E-state index in [0.29, 0.717) is 0 Å². The highest BCUT2D eigenvalue weighted by Crippen LogP contribution is 1.24. The minimum absolute atomic E-state index is 1.56. The van der Waals surface area contributed by atoms with Gasteiger partial charge in [-0.1, -0.05) is 0 Å². The van der Waals surface area contributed by atoms with Gasteiger partial charge in [-0.3, -0.25) is 0 Å². The van der Waals surface area contributed by atoms with Crippen molar-refractivity contribution in [1.82, 2.24) is 0 Å². The largest absolute Gasteiger partial charge is 0.109 e. The predicted molar refractivity (Wildman–Crippen MR) is 31.9 cm³/mol. The van der Waals surface area contributed by atoms with E-state index in [2.05, 4.69) is 33.6 Å². The van der Waals surface area contributed by atoms with Gasteiger partial charge in [0.25, 0.3) is 0 Å². The molecule has 0 spiro atoms. The maximum Gasteiger partial charge on any atom is 0.0592 e. The van der Waals surface area contributed by atoms with Gasteiger partial charge in [0, 0.05) is 0 Å². The van der Waals surface area contributed by atoms with Crippen molar-refractivity contribution >= 4 is 20.5 Å². The molecule has 0 aromatic heterocycles. The quantitative estimate of drug-likeness (QED) is 0.401. The Balaban J connectivity index is 0. The first-order chi connectivity index (χ1) is 2.83. The molecule has 6 radical (unpaired) electrons. The fraction of sp³-hybridized carbons (Fsp3) is 0. The van der Waals surface area contributed by atoms with Crippen LogP contribution in [0.25, 0.3) is 0 Å². The summed E-state index contributed by atoms with van der Waals surface area (Å²) in [5.41, 5.74) is 3.11. The molecule has 0 aliphatic heterocycles. The lowest BCUT2D eigenvalue weighted by atomic mass is 11.3. The van der Waals surface area contributed by atoms with Gasteiger partial charge in [-0.15, -0.1) is 24.6 Å². The average molecular weight is 110 g/mol. The molecule has 0 amide bonds. The molecule has 0 heterocycles. The maximum absolute atomic E-state index is 3.27. The average Bonchev–Trinajstić information content (AvgIpc) is 1.39. The van der Waals surface area contributed by atoms with Crippen molar-refractivity contribution in [3.05, 3.63) is 24.6 Å². The molecule has 0 unspecified atom stereocenters. The fourth-order valence-corrected chi connectivity index (χ4v) is 0. The van der Waals surface area contributed by atoms with Gasteiger partial charge < -0.3 is 0 Å². The van der Waals surface area contributed by atoms with Crippen LogP contribution >= 0.6 is 0 Å². The lowest BCUT2D eigenvalue weighted by Crippen LogP contribution is -1.29. The van der Waals surface area contributed by atoms with Gasteiger partial charge in [-0.2, -0.15) is 0 Å². The molecule has 0 saturated heterocycles. The Kier molecular flexibility index (Phi) is 31.9. The van der Waals surface area contributed by atoms with E-state index in [0.717, 1.165) is 0 Å².